The smallest absolute Gasteiger partial charge is 0.0323 e. The number of rotatable bonds is 5. The average molecular weight is 260 g/mol. The first kappa shape index (κ1) is 14.5. The van der Waals surface area contributed by atoms with Gasteiger partial charge in [-0.1, -0.05) is 31.2 Å². The Morgan fingerprint density at radius 3 is 2.58 bits per heavy atom. The Morgan fingerprint density at radius 1 is 1.21 bits per heavy atom. The Bertz CT molecular complexity index is 400. The summed E-state index contributed by atoms with van der Waals surface area (Å²) >= 11 is 0. The van der Waals surface area contributed by atoms with Crippen LogP contribution in [0.4, 0.5) is 0 Å². The van der Waals surface area contributed by atoms with Crippen molar-refractivity contribution in [2.75, 3.05) is 20.1 Å². The van der Waals surface area contributed by atoms with Crippen LogP contribution in [0.2, 0.25) is 0 Å². The molecule has 0 spiro atoms. The molecular formula is C17H28N2. The normalized spacial score (nSPS) is 22.8. The first-order valence-electron chi connectivity index (χ1n) is 7.62. The second-order valence-electron chi connectivity index (χ2n) is 6.19. The van der Waals surface area contributed by atoms with Crippen LogP contribution in [0.5, 0.6) is 0 Å². The van der Waals surface area contributed by atoms with Crippen LogP contribution >= 0.6 is 0 Å². The predicted molar refractivity (Wildman–Crippen MR) is 82.6 cm³/mol. The van der Waals surface area contributed by atoms with Crippen molar-refractivity contribution in [3.05, 3.63) is 35.4 Å². The summed E-state index contributed by atoms with van der Waals surface area (Å²) in [5, 5.41) is 3.74. The van der Waals surface area contributed by atoms with Gasteiger partial charge in [-0.25, -0.2) is 0 Å². The highest BCUT2D eigenvalue weighted by atomic mass is 15.1. The molecule has 0 aliphatic heterocycles. The summed E-state index contributed by atoms with van der Waals surface area (Å²) in [6, 6.07) is 10.1. The highest BCUT2D eigenvalue weighted by Crippen LogP contribution is 2.36. The number of hydrogen-bond donors (Lipinski definition) is 1. The molecule has 106 valence electrons. The standard InChI is InChI=1S/C17H28N2/c1-13(2)19(4)12-11-18-17-10-9-14(3)15-7-5-6-8-16(15)17/h5-8,13-14,17-18H,9-12H2,1-4H3. The highest BCUT2D eigenvalue weighted by molar-refractivity contribution is 5.34. The molecule has 0 radical (unpaired) electrons. The number of nitrogens with zero attached hydrogens (tertiary/aromatic N) is 1. The van der Waals surface area contributed by atoms with Crippen LogP contribution in [0.3, 0.4) is 0 Å². The Labute approximate surface area is 118 Å². The van der Waals surface area contributed by atoms with Crippen molar-refractivity contribution in [1.29, 1.82) is 0 Å². The summed E-state index contributed by atoms with van der Waals surface area (Å²) in [7, 11) is 2.20. The molecule has 1 N–H and O–H groups in total. The van der Waals surface area contributed by atoms with Gasteiger partial charge in [0.1, 0.15) is 0 Å². The lowest BCUT2D eigenvalue weighted by molar-refractivity contribution is 0.266. The molecule has 2 heteroatoms. The van der Waals surface area contributed by atoms with Crippen molar-refractivity contribution >= 4 is 0 Å². The molecule has 1 aromatic carbocycles. The van der Waals surface area contributed by atoms with E-state index in [1.165, 1.54) is 18.4 Å². The van der Waals surface area contributed by atoms with Gasteiger partial charge >= 0.3 is 0 Å². The monoisotopic (exact) mass is 260 g/mol. The number of fused-ring (bicyclic) bond motifs is 1. The van der Waals surface area contributed by atoms with E-state index in [2.05, 4.69) is 62.3 Å². The summed E-state index contributed by atoms with van der Waals surface area (Å²) in [6.07, 6.45) is 2.57. The molecule has 1 aromatic rings. The van der Waals surface area contributed by atoms with Crippen molar-refractivity contribution < 1.29 is 0 Å². The minimum Gasteiger partial charge on any atom is -0.309 e. The fourth-order valence-corrected chi connectivity index (χ4v) is 2.89. The van der Waals surface area contributed by atoms with E-state index >= 15 is 0 Å². The molecule has 0 saturated carbocycles. The number of benzene rings is 1. The molecule has 0 saturated heterocycles. The van der Waals surface area contributed by atoms with E-state index < -0.39 is 0 Å². The average Bonchev–Trinajstić information content (AvgIpc) is 2.41. The molecular weight excluding hydrogens is 232 g/mol. The number of likely N-dealkylation sites (N-methyl/N-ethyl adjacent to an activating group) is 1. The fraction of sp³-hybridized carbons (Fsp3) is 0.647. The molecule has 2 rings (SSSR count). The van der Waals surface area contributed by atoms with Crippen LogP contribution < -0.4 is 5.32 Å². The van der Waals surface area contributed by atoms with E-state index in [-0.39, 0.29) is 0 Å². The third kappa shape index (κ3) is 3.58. The van der Waals surface area contributed by atoms with Crippen LogP contribution in [0, 0.1) is 0 Å². The van der Waals surface area contributed by atoms with E-state index in [0.717, 1.165) is 13.1 Å². The van der Waals surface area contributed by atoms with Gasteiger partial charge in [0.2, 0.25) is 0 Å². The molecule has 2 unspecified atom stereocenters. The molecule has 0 fully saturated rings. The van der Waals surface area contributed by atoms with E-state index in [1.807, 2.05) is 0 Å². The minimum atomic E-state index is 0.549. The molecule has 2 nitrogen and oxygen atoms in total. The lowest BCUT2D eigenvalue weighted by Crippen LogP contribution is -2.36. The molecule has 0 aromatic heterocycles. The van der Waals surface area contributed by atoms with Gasteiger partial charge in [-0.2, -0.15) is 0 Å². The second kappa shape index (κ2) is 6.53. The van der Waals surface area contributed by atoms with E-state index in [4.69, 9.17) is 0 Å². The third-order valence-electron chi connectivity index (χ3n) is 4.53. The minimum absolute atomic E-state index is 0.549. The summed E-state index contributed by atoms with van der Waals surface area (Å²) in [5.41, 5.74) is 3.07. The summed E-state index contributed by atoms with van der Waals surface area (Å²) in [4.78, 5) is 2.39. The van der Waals surface area contributed by atoms with Crippen LogP contribution in [0.15, 0.2) is 24.3 Å². The molecule has 19 heavy (non-hydrogen) atoms. The maximum atomic E-state index is 3.74. The number of hydrogen-bond acceptors (Lipinski definition) is 2. The van der Waals surface area contributed by atoms with Gasteiger partial charge < -0.3 is 10.2 Å². The van der Waals surface area contributed by atoms with Crippen LogP contribution in [0.25, 0.3) is 0 Å². The second-order valence-corrected chi connectivity index (χ2v) is 6.19. The van der Waals surface area contributed by atoms with Crippen LogP contribution in [-0.4, -0.2) is 31.1 Å². The van der Waals surface area contributed by atoms with Crippen molar-refractivity contribution in [2.45, 2.75) is 51.6 Å². The topological polar surface area (TPSA) is 15.3 Å². The Morgan fingerprint density at radius 2 is 1.89 bits per heavy atom. The highest BCUT2D eigenvalue weighted by Gasteiger charge is 2.23. The summed E-state index contributed by atoms with van der Waals surface area (Å²) < 4.78 is 0. The van der Waals surface area contributed by atoms with Gasteiger partial charge in [0.05, 0.1) is 0 Å². The van der Waals surface area contributed by atoms with Crippen LogP contribution in [0.1, 0.15) is 56.7 Å². The summed E-state index contributed by atoms with van der Waals surface area (Å²) in [5.74, 6) is 0.715. The third-order valence-corrected chi connectivity index (χ3v) is 4.53. The van der Waals surface area contributed by atoms with Gasteiger partial charge in [-0.05, 0) is 50.8 Å². The Hall–Kier alpha value is -0.860. The van der Waals surface area contributed by atoms with Gasteiger partial charge in [0.15, 0.2) is 0 Å². The quantitative estimate of drug-likeness (QED) is 0.871. The molecule has 0 bridgehead atoms. The van der Waals surface area contributed by atoms with E-state index in [9.17, 15) is 0 Å². The molecule has 2 atom stereocenters. The van der Waals surface area contributed by atoms with Gasteiger partial charge in [0, 0.05) is 25.2 Å². The van der Waals surface area contributed by atoms with Crippen molar-refractivity contribution in [2.24, 2.45) is 0 Å². The maximum absolute atomic E-state index is 3.74. The fourth-order valence-electron chi connectivity index (χ4n) is 2.89. The molecule has 1 aliphatic carbocycles. The molecule has 0 heterocycles. The Balaban J connectivity index is 1.94. The first-order chi connectivity index (χ1) is 9.09. The number of nitrogens with one attached hydrogen (secondary N) is 1. The molecule has 0 amide bonds. The summed E-state index contributed by atoms with van der Waals surface area (Å²) in [6.45, 7) is 9.03. The maximum Gasteiger partial charge on any atom is 0.0323 e. The van der Waals surface area contributed by atoms with E-state index in [0.29, 0.717) is 18.0 Å². The largest absolute Gasteiger partial charge is 0.309 e. The van der Waals surface area contributed by atoms with Gasteiger partial charge in [-0.3, -0.25) is 0 Å². The van der Waals surface area contributed by atoms with Crippen molar-refractivity contribution in [3.63, 3.8) is 0 Å². The predicted octanol–water partition coefficient (Wildman–Crippen LogP) is 3.55. The van der Waals surface area contributed by atoms with Gasteiger partial charge in [0.25, 0.3) is 0 Å². The lowest BCUT2D eigenvalue weighted by atomic mass is 9.81. The van der Waals surface area contributed by atoms with Crippen molar-refractivity contribution in [3.8, 4) is 0 Å². The lowest BCUT2D eigenvalue weighted by Gasteiger charge is -2.31. The SMILES string of the molecule is CC1CCC(NCCN(C)C(C)C)c2ccccc21. The first-order valence-corrected chi connectivity index (χ1v) is 7.62. The zero-order valence-corrected chi connectivity index (χ0v) is 12.8. The van der Waals surface area contributed by atoms with E-state index in [1.54, 1.807) is 5.56 Å². The van der Waals surface area contributed by atoms with Crippen molar-refractivity contribution in [1.82, 2.24) is 10.2 Å². The molecule has 1 aliphatic rings. The van der Waals surface area contributed by atoms with Crippen LogP contribution in [-0.2, 0) is 0 Å². The zero-order chi connectivity index (χ0) is 13.8. The zero-order valence-electron chi connectivity index (χ0n) is 12.8. The Kier molecular flexibility index (Phi) is 5.00. The van der Waals surface area contributed by atoms with Gasteiger partial charge in [-0.15, -0.1) is 0 Å².